The summed E-state index contributed by atoms with van der Waals surface area (Å²) in [5.74, 6) is -0.0580. The zero-order chi connectivity index (χ0) is 43.5. The summed E-state index contributed by atoms with van der Waals surface area (Å²) in [5.41, 5.74) is 0. The van der Waals surface area contributed by atoms with Crippen LogP contribution in [-0.4, -0.2) is 34.9 Å². The molecule has 0 radical (unpaired) electrons. The summed E-state index contributed by atoms with van der Waals surface area (Å²) in [6, 6.07) is -0.616. The minimum Gasteiger partial charge on any atom is -0.394 e. The quantitative estimate of drug-likeness (QED) is 0.0422. The number of allylic oxidation sites excluding steroid dienone is 1. The van der Waals surface area contributed by atoms with Crippen LogP contribution in [0.4, 0.5) is 0 Å². The summed E-state index contributed by atoms with van der Waals surface area (Å²) < 4.78 is 0. The lowest BCUT2D eigenvalue weighted by Gasteiger charge is -2.20. The molecule has 3 N–H and O–H groups in total. The van der Waals surface area contributed by atoms with Gasteiger partial charge in [0.15, 0.2) is 0 Å². The third kappa shape index (κ3) is 48.2. The number of amides is 1. The van der Waals surface area contributed by atoms with Crippen LogP contribution in [-0.2, 0) is 4.79 Å². The molecule has 358 valence electrons. The first kappa shape index (κ1) is 59.1. The molecule has 0 aliphatic heterocycles. The first-order valence-electron chi connectivity index (χ1n) is 27.9. The second kappa shape index (κ2) is 52.5. The predicted octanol–water partition coefficient (Wildman–Crippen LogP) is 18.1. The molecule has 60 heavy (non-hydrogen) atoms. The standard InChI is InChI=1S/C56H111NO3/c1-3-5-7-9-11-13-15-17-18-19-20-21-22-23-24-25-26-27-28-29-30-31-32-33-34-35-36-37-38-39-40-42-44-46-48-50-52-56(60)57-54(53-58)55(59)51-49-47-45-43-41-16-14-12-10-8-6-4-2/h49,51,54-55,58-59H,3-48,50,52-53H2,1-2H3,(H,57,60)/b51-49+. The molecule has 2 atom stereocenters. The minimum absolute atomic E-state index is 0.0580. The van der Waals surface area contributed by atoms with E-state index in [0.29, 0.717) is 6.42 Å². The Hall–Kier alpha value is -0.870. The van der Waals surface area contributed by atoms with Crippen LogP contribution in [0.5, 0.6) is 0 Å². The van der Waals surface area contributed by atoms with Crippen LogP contribution in [0.25, 0.3) is 0 Å². The molecule has 0 aliphatic rings. The van der Waals surface area contributed by atoms with Gasteiger partial charge in [0.25, 0.3) is 0 Å². The molecule has 0 aromatic heterocycles. The zero-order valence-corrected chi connectivity index (χ0v) is 41.3. The number of carbonyl (C=O) groups excluding carboxylic acids is 1. The van der Waals surface area contributed by atoms with Crippen molar-refractivity contribution >= 4 is 5.91 Å². The van der Waals surface area contributed by atoms with Crippen molar-refractivity contribution in [2.24, 2.45) is 0 Å². The van der Waals surface area contributed by atoms with Crippen molar-refractivity contribution in [3.63, 3.8) is 0 Å². The number of rotatable bonds is 52. The number of unbranched alkanes of at least 4 members (excludes halogenated alkanes) is 45. The molecule has 0 aromatic carbocycles. The lowest BCUT2D eigenvalue weighted by Crippen LogP contribution is -2.45. The highest BCUT2D eigenvalue weighted by molar-refractivity contribution is 5.76. The van der Waals surface area contributed by atoms with Crippen molar-refractivity contribution in [3.05, 3.63) is 12.2 Å². The van der Waals surface area contributed by atoms with E-state index in [0.717, 1.165) is 25.7 Å². The van der Waals surface area contributed by atoms with Gasteiger partial charge in [-0.05, 0) is 19.3 Å². The molecule has 2 unspecified atom stereocenters. The van der Waals surface area contributed by atoms with E-state index < -0.39 is 12.1 Å². The number of nitrogens with one attached hydrogen (secondary N) is 1. The van der Waals surface area contributed by atoms with Gasteiger partial charge in [0, 0.05) is 6.42 Å². The summed E-state index contributed by atoms with van der Waals surface area (Å²) in [4.78, 5) is 12.4. The molecule has 4 nitrogen and oxygen atoms in total. The van der Waals surface area contributed by atoms with Crippen LogP contribution in [0.2, 0.25) is 0 Å². The normalized spacial score (nSPS) is 12.8. The number of hydrogen-bond donors (Lipinski definition) is 3. The van der Waals surface area contributed by atoms with E-state index in [2.05, 4.69) is 19.2 Å². The zero-order valence-electron chi connectivity index (χ0n) is 41.3. The van der Waals surface area contributed by atoms with Crippen LogP contribution >= 0.6 is 0 Å². The Balaban J connectivity index is 3.34. The third-order valence-electron chi connectivity index (χ3n) is 13.3. The maximum absolute atomic E-state index is 12.4. The smallest absolute Gasteiger partial charge is 0.220 e. The molecule has 0 saturated heterocycles. The fraction of sp³-hybridized carbons (Fsp3) is 0.946. The summed E-state index contributed by atoms with van der Waals surface area (Å²) in [6.07, 6.45) is 68.2. The second-order valence-electron chi connectivity index (χ2n) is 19.4. The van der Waals surface area contributed by atoms with Gasteiger partial charge in [-0.25, -0.2) is 0 Å². The molecule has 0 heterocycles. The van der Waals surface area contributed by atoms with Crippen LogP contribution in [0, 0.1) is 0 Å². The Kier molecular flexibility index (Phi) is 51.7. The molecule has 0 bridgehead atoms. The highest BCUT2D eigenvalue weighted by Gasteiger charge is 2.18. The van der Waals surface area contributed by atoms with Crippen molar-refractivity contribution in [1.29, 1.82) is 0 Å². The summed E-state index contributed by atoms with van der Waals surface area (Å²) >= 11 is 0. The van der Waals surface area contributed by atoms with Gasteiger partial charge in [-0.2, -0.15) is 0 Å². The van der Waals surface area contributed by atoms with Crippen LogP contribution < -0.4 is 5.32 Å². The van der Waals surface area contributed by atoms with Gasteiger partial charge in [-0.15, -0.1) is 0 Å². The monoisotopic (exact) mass is 846 g/mol. The van der Waals surface area contributed by atoms with Gasteiger partial charge >= 0.3 is 0 Å². The molecule has 0 spiro atoms. The van der Waals surface area contributed by atoms with Crippen LogP contribution in [0.3, 0.4) is 0 Å². The first-order valence-corrected chi connectivity index (χ1v) is 27.9. The van der Waals surface area contributed by atoms with E-state index in [-0.39, 0.29) is 12.5 Å². The molecule has 0 aromatic rings. The number of hydrogen-bond acceptors (Lipinski definition) is 3. The summed E-state index contributed by atoms with van der Waals surface area (Å²) in [5, 5.41) is 23.0. The third-order valence-corrected chi connectivity index (χ3v) is 13.3. The van der Waals surface area contributed by atoms with E-state index in [1.807, 2.05) is 6.08 Å². The van der Waals surface area contributed by atoms with Crippen LogP contribution in [0.15, 0.2) is 12.2 Å². The fourth-order valence-corrected chi connectivity index (χ4v) is 9.01. The highest BCUT2D eigenvalue weighted by atomic mass is 16.3. The Morgan fingerprint density at radius 2 is 0.617 bits per heavy atom. The van der Waals surface area contributed by atoms with Crippen molar-refractivity contribution in [2.45, 2.75) is 334 Å². The lowest BCUT2D eigenvalue weighted by atomic mass is 10.0. The van der Waals surface area contributed by atoms with Gasteiger partial charge in [-0.1, -0.05) is 309 Å². The second-order valence-corrected chi connectivity index (χ2v) is 19.4. The Bertz CT molecular complexity index is 829. The van der Waals surface area contributed by atoms with E-state index in [1.165, 1.54) is 276 Å². The van der Waals surface area contributed by atoms with E-state index in [1.54, 1.807) is 6.08 Å². The lowest BCUT2D eigenvalue weighted by molar-refractivity contribution is -0.123. The Morgan fingerprint density at radius 3 is 0.867 bits per heavy atom. The summed E-state index contributed by atoms with van der Waals surface area (Å²) in [7, 11) is 0. The number of carbonyl (C=O) groups is 1. The van der Waals surface area contributed by atoms with Gasteiger partial charge in [0.1, 0.15) is 0 Å². The number of aliphatic hydroxyl groups excluding tert-OH is 2. The largest absolute Gasteiger partial charge is 0.394 e. The average Bonchev–Trinajstić information content (AvgIpc) is 3.25. The van der Waals surface area contributed by atoms with Gasteiger partial charge in [0.05, 0.1) is 18.8 Å². The average molecular weight is 847 g/mol. The highest BCUT2D eigenvalue weighted by Crippen LogP contribution is 2.18. The Labute approximate surface area is 377 Å². The number of aliphatic hydroxyl groups is 2. The van der Waals surface area contributed by atoms with Crippen LogP contribution in [0.1, 0.15) is 322 Å². The topological polar surface area (TPSA) is 69.6 Å². The van der Waals surface area contributed by atoms with Crippen molar-refractivity contribution in [3.8, 4) is 0 Å². The predicted molar refractivity (Wildman–Crippen MR) is 267 cm³/mol. The Morgan fingerprint density at radius 1 is 0.383 bits per heavy atom. The SMILES string of the molecule is CCCCCCCCCCCC/C=C/C(O)C(CO)NC(=O)CCCCCCCCCCCCCCCCCCCCCCCCCCCCCCCCCCCCCC. The molecule has 0 saturated carbocycles. The molecular formula is C56H111NO3. The van der Waals surface area contributed by atoms with Gasteiger partial charge in [-0.3, -0.25) is 4.79 Å². The molecule has 1 amide bonds. The van der Waals surface area contributed by atoms with Gasteiger partial charge in [0.2, 0.25) is 5.91 Å². The van der Waals surface area contributed by atoms with Crippen molar-refractivity contribution < 1.29 is 15.0 Å². The molecular weight excluding hydrogens is 735 g/mol. The molecule has 0 fully saturated rings. The summed E-state index contributed by atoms with van der Waals surface area (Å²) in [6.45, 7) is 4.33. The first-order chi connectivity index (χ1) is 29.7. The van der Waals surface area contributed by atoms with E-state index in [9.17, 15) is 15.0 Å². The van der Waals surface area contributed by atoms with E-state index >= 15 is 0 Å². The van der Waals surface area contributed by atoms with E-state index in [4.69, 9.17) is 0 Å². The maximum Gasteiger partial charge on any atom is 0.220 e. The molecule has 0 aliphatic carbocycles. The molecule has 4 heteroatoms. The minimum atomic E-state index is -0.833. The maximum atomic E-state index is 12.4. The fourth-order valence-electron chi connectivity index (χ4n) is 9.01. The van der Waals surface area contributed by atoms with Gasteiger partial charge < -0.3 is 15.5 Å². The van der Waals surface area contributed by atoms with Crippen molar-refractivity contribution in [2.75, 3.05) is 6.61 Å². The van der Waals surface area contributed by atoms with Crippen molar-refractivity contribution in [1.82, 2.24) is 5.32 Å². The molecule has 0 rings (SSSR count).